The Kier molecular flexibility index (Phi) is 53.6. The van der Waals surface area contributed by atoms with E-state index < -0.39 is 101 Å². The van der Waals surface area contributed by atoms with Crippen LogP contribution < -0.4 is 36.9 Å². The number of hydrogen-bond acceptors (Lipinski definition) is 26. The van der Waals surface area contributed by atoms with Gasteiger partial charge in [-0.1, -0.05) is 347 Å². The third kappa shape index (κ3) is 40.9. The number of esters is 4. The van der Waals surface area contributed by atoms with Crippen LogP contribution in [0, 0.1) is 5.92 Å². The van der Waals surface area contributed by atoms with Crippen LogP contribution in [0.2, 0.25) is 0 Å². The van der Waals surface area contributed by atoms with Crippen LogP contribution in [0.15, 0.2) is 343 Å². The van der Waals surface area contributed by atoms with Crippen molar-refractivity contribution in [3.63, 3.8) is 0 Å². The first kappa shape index (κ1) is 122. The standard InChI is InChI=1S/2C30H26N2O7.C24H20N2O3.C8H19N.C6H7ClO4.C5H8O3.C3Cl6O.CH4/c1-2-26(33)37-18-19-38-30(36)39-28-25(20-22-12-6-3-7-13-22)27(34)32(24-16-10-5-11-17-24)29(35)31(28)21-23-14-8-4-9-15-23;1-2-26(33)37-18-19-38-30(36)39-28-25(20-22-12-6-3-7-13-22)27(34)31(21-23-14-8-4-9-15-23)29(35)32(28)24-16-10-5-11-17-24;27-22-21(16-18-10-4-1-5-11-18)23(28)26(20-14-8-3-9-15-20)24(29)25(22)17-19-12-6-2-7-13-19;1-6-9(7(2)3)8(4)5;1-2-5(8)10-3-4-11-6(7)9;1-2-5(7)8-4-3-6;4-2(5,6)1(10)3(7,8)9;/h2*2-17H,1,18-21H2;1-15,21H,16-17H2;7-8H,6H2,1-5H3;2H,1,3-4H2;2,6H,1,3-4H2;;1H4. The van der Waals surface area contributed by atoms with E-state index in [-0.39, 0.29) is 122 Å². The van der Waals surface area contributed by atoms with Crippen molar-refractivity contribution in [2.75, 3.05) is 64.3 Å². The minimum Gasteiger partial charge on any atom is -0.460 e. The van der Waals surface area contributed by atoms with Gasteiger partial charge in [-0.05, 0) is 110 Å². The van der Waals surface area contributed by atoms with Crippen molar-refractivity contribution in [1.82, 2.24) is 28.1 Å². The Labute approximate surface area is 878 Å². The predicted molar refractivity (Wildman–Crippen MR) is 560 cm³/mol. The molecule has 3 heterocycles. The zero-order valence-electron chi connectivity index (χ0n) is 79.5. The van der Waals surface area contributed by atoms with Gasteiger partial charge in [0.05, 0.1) is 54.4 Å². The fraction of sp³-hybridized carbons (Fsp3) is 0.243. The number of Topliss-reactive ketones (excluding diaryl/α,β-unsaturated/α-hetero) is 1. The van der Waals surface area contributed by atoms with Crippen molar-refractivity contribution in [3.8, 4) is 23.1 Å². The lowest BCUT2D eigenvalue weighted by atomic mass is 9.94. The number of aromatic nitrogens is 4. The molecular weight excluding hydrogens is 2030 g/mol. The number of rotatable bonds is 35. The number of anilines is 1. The molecule has 1 saturated heterocycles. The minimum absolute atomic E-state index is 0. The number of alkyl halides is 6. The molecule has 4 amide bonds. The summed E-state index contributed by atoms with van der Waals surface area (Å²) in [7, 11) is 0. The molecular formula is C107H110Cl7N7O25. The summed E-state index contributed by atoms with van der Waals surface area (Å²) in [4.78, 5) is 188. The van der Waals surface area contributed by atoms with Crippen LogP contribution in [0.5, 0.6) is 11.8 Å². The summed E-state index contributed by atoms with van der Waals surface area (Å²) in [5.41, 5.74) is 2.66. The largest absolute Gasteiger partial charge is 0.515 e. The van der Waals surface area contributed by atoms with Gasteiger partial charge in [0.1, 0.15) is 52.2 Å². The smallest absolute Gasteiger partial charge is 0.460 e. The van der Waals surface area contributed by atoms with Gasteiger partial charge in [-0.25, -0.2) is 62.0 Å². The quantitative estimate of drug-likeness (QED) is 0.00733. The summed E-state index contributed by atoms with van der Waals surface area (Å²) in [6, 6.07) is 81.8. The Hall–Kier alpha value is -14.6. The van der Waals surface area contributed by atoms with Crippen LogP contribution in [0.1, 0.15) is 86.6 Å². The number of aliphatic hydroxyl groups excluding tert-OH is 1. The molecule has 1 N–H and O–H groups in total. The summed E-state index contributed by atoms with van der Waals surface area (Å²) in [5.74, 6) is -5.85. The normalized spacial score (nSPS) is 11.7. The highest BCUT2D eigenvalue weighted by atomic mass is 35.6. The number of carbonyl (C=O) groups is 11. The van der Waals surface area contributed by atoms with Gasteiger partial charge in [0.25, 0.3) is 18.7 Å². The van der Waals surface area contributed by atoms with E-state index in [0.29, 0.717) is 29.1 Å². The van der Waals surface area contributed by atoms with E-state index in [1.54, 1.807) is 84.9 Å². The van der Waals surface area contributed by atoms with Gasteiger partial charge in [0, 0.05) is 60.8 Å². The van der Waals surface area contributed by atoms with Gasteiger partial charge in [-0.15, -0.1) is 0 Å². The van der Waals surface area contributed by atoms with Crippen molar-refractivity contribution in [2.45, 2.75) is 101 Å². The molecule has 1 aliphatic rings. The highest BCUT2D eigenvalue weighted by Crippen LogP contribution is 2.39. The van der Waals surface area contributed by atoms with Gasteiger partial charge in [0.2, 0.25) is 29.4 Å². The Balaban J connectivity index is 0.000000327. The molecule has 0 radical (unpaired) electrons. The molecule has 1 atom stereocenters. The number of aliphatic hydroxyl groups is 1. The molecule has 1 fully saturated rings. The second-order valence-corrected chi connectivity index (χ2v) is 35.4. The molecule has 1 aliphatic heterocycles. The van der Waals surface area contributed by atoms with E-state index in [0.717, 1.165) is 78.3 Å². The molecule has 2 aromatic heterocycles. The number of hydrogen-bond donors (Lipinski definition) is 1. The Morgan fingerprint density at radius 2 is 0.692 bits per heavy atom. The van der Waals surface area contributed by atoms with Crippen LogP contribution in [-0.4, -0.2) is 177 Å². The highest BCUT2D eigenvalue weighted by Gasteiger charge is 2.47. The molecule has 1 unspecified atom stereocenters. The first-order valence-corrected chi connectivity index (χ1v) is 47.1. The highest BCUT2D eigenvalue weighted by molar-refractivity contribution is 6.86. The number of halogens is 7. The van der Waals surface area contributed by atoms with Gasteiger partial charge in [-0.3, -0.25) is 42.9 Å². The number of imide groups is 2. The second kappa shape index (κ2) is 64.2. The summed E-state index contributed by atoms with van der Waals surface area (Å²) in [5, 5.41) is 8.10. The van der Waals surface area contributed by atoms with E-state index in [9.17, 15) is 71.9 Å². The average molecular weight is 2140 g/mol. The van der Waals surface area contributed by atoms with E-state index in [4.69, 9.17) is 115 Å². The molecule has 32 nitrogen and oxygen atoms in total. The number of barbiturate groups is 1. The summed E-state index contributed by atoms with van der Waals surface area (Å²) >= 11 is 35.4. The Morgan fingerprint density at radius 3 is 1.03 bits per heavy atom. The van der Waals surface area contributed by atoms with E-state index in [2.05, 4.69) is 80.0 Å². The lowest BCUT2D eigenvalue weighted by Gasteiger charge is -2.37. The molecule has 12 rings (SSSR count). The number of carbonyl (C=O) groups excluding carboxylic acids is 11. The van der Waals surface area contributed by atoms with Crippen molar-refractivity contribution in [2.24, 2.45) is 5.92 Å². The lowest BCUT2D eigenvalue weighted by Crippen LogP contribution is -2.60. The van der Waals surface area contributed by atoms with Crippen LogP contribution >= 0.6 is 81.2 Å². The number of ketones is 1. The molecule has 146 heavy (non-hydrogen) atoms. The maximum absolute atomic E-state index is 13.8. The number of amides is 4. The van der Waals surface area contributed by atoms with E-state index in [1.165, 1.54) is 14.0 Å². The molecule has 772 valence electrons. The summed E-state index contributed by atoms with van der Waals surface area (Å²) in [6.07, 6.45) is 2.14. The Bertz CT molecular complexity index is 6140. The maximum Gasteiger partial charge on any atom is 0.515 e. The van der Waals surface area contributed by atoms with E-state index >= 15 is 0 Å². The van der Waals surface area contributed by atoms with Crippen molar-refractivity contribution in [3.05, 3.63) is 410 Å². The number of benzene rings is 9. The van der Waals surface area contributed by atoms with Crippen LogP contribution in [0.4, 0.5) is 24.9 Å². The van der Waals surface area contributed by atoms with Gasteiger partial charge >= 0.3 is 59.0 Å². The minimum atomic E-state index is -2.18. The second-order valence-electron chi connectivity index (χ2n) is 30.5. The zero-order chi connectivity index (χ0) is 107. The first-order chi connectivity index (χ1) is 69.3. The SMILES string of the molecule is C.C=CC(=O)OCCO.C=CC(=O)OCCOC(=O)Cl.C=CC(=O)OCCOC(=O)Oc1c(Cc2ccccc2)c(=O)n(-c2ccccc2)c(=O)n1Cc1ccccc1.C=CC(=O)OCCOC(=O)Oc1c(Cc2ccccc2)c(=O)n(Cc2ccccc2)c(=O)n1-c1ccccc1.CCN(C(C)C)C(C)C.O=C(C(Cl)(Cl)Cl)C(Cl)(Cl)Cl.O=C1C(Cc2ccccc2)C(=O)N(c2ccccc2)C(=O)N1Cc1ccccc1. The van der Waals surface area contributed by atoms with Gasteiger partial charge in [-0.2, -0.15) is 0 Å². The predicted octanol–water partition coefficient (Wildman–Crippen LogP) is 18.7. The van der Waals surface area contributed by atoms with Crippen LogP contribution in [0.25, 0.3) is 11.4 Å². The molecule has 11 aromatic rings. The zero-order valence-corrected chi connectivity index (χ0v) is 84.8. The lowest BCUT2D eigenvalue weighted by molar-refractivity contribution is -0.142. The average Bonchev–Trinajstić information content (AvgIpc) is 0.679. The molecule has 0 bridgehead atoms. The third-order valence-electron chi connectivity index (χ3n) is 19.8. The van der Waals surface area contributed by atoms with Crippen LogP contribution in [-0.2, 0) is 106 Å². The molecule has 0 saturated carbocycles. The fourth-order valence-corrected chi connectivity index (χ4v) is 14.7. The van der Waals surface area contributed by atoms with Crippen molar-refractivity contribution < 1.29 is 100 Å². The maximum atomic E-state index is 13.8. The molecule has 9 aromatic carbocycles. The summed E-state index contributed by atoms with van der Waals surface area (Å²) in [6.45, 7) is 24.2. The summed E-state index contributed by atoms with van der Waals surface area (Å²) < 4.78 is 44.0. The first-order valence-electron chi connectivity index (χ1n) is 44.4. The third-order valence-corrected chi connectivity index (χ3v) is 20.9. The van der Waals surface area contributed by atoms with Crippen molar-refractivity contribution in [1.29, 1.82) is 0 Å². The number of urea groups is 1. The molecule has 0 aliphatic carbocycles. The Morgan fingerprint density at radius 1 is 0.384 bits per heavy atom. The van der Waals surface area contributed by atoms with Gasteiger partial charge < -0.3 is 47.7 Å². The molecule has 0 spiro atoms. The molecule has 39 heteroatoms. The topological polar surface area (TPSA) is 389 Å². The van der Waals surface area contributed by atoms with E-state index in [1.807, 2.05) is 188 Å². The fourth-order valence-electron chi connectivity index (χ4n) is 13.3. The van der Waals surface area contributed by atoms with Crippen LogP contribution in [0.3, 0.4) is 0 Å². The number of ether oxygens (including phenoxy) is 9. The number of nitrogens with zero attached hydrogens (tertiary/aromatic N) is 7. The van der Waals surface area contributed by atoms with Crippen molar-refractivity contribution >= 4 is 152 Å². The van der Waals surface area contributed by atoms with Gasteiger partial charge in [0.15, 0.2) is 0 Å². The number of para-hydroxylation sites is 3. The monoisotopic (exact) mass is 2140 g/mol.